The number of benzene rings is 1. The molecule has 0 atom stereocenters. The van der Waals surface area contributed by atoms with Gasteiger partial charge in [-0.25, -0.2) is 4.98 Å². The van der Waals surface area contributed by atoms with Crippen LogP contribution in [0.2, 0.25) is 0 Å². The molecule has 0 unspecified atom stereocenters. The standard InChI is InChI=1S/C20H22N2OS2/c1-12-11-24-19(21-12)17-10-16(13(2)25-17)22-18(23)14-6-8-15(9-7-14)20(3,4)5/h6-11H,1-5H3,(H,22,23). The summed E-state index contributed by atoms with van der Waals surface area (Å²) in [6, 6.07) is 9.85. The van der Waals surface area contributed by atoms with Gasteiger partial charge in [-0.15, -0.1) is 22.7 Å². The Bertz CT molecular complexity index is 899. The zero-order valence-corrected chi connectivity index (χ0v) is 16.8. The zero-order chi connectivity index (χ0) is 18.2. The molecule has 3 aromatic rings. The third-order valence-electron chi connectivity index (χ3n) is 4.01. The van der Waals surface area contributed by atoms with E-state index in [1.54, 1.807) is 22.7 Å². The van der Waals surface area contributed by atoms with Gasteiger partial charge in [0.2, 0.25) is 0 Å². The van der Waals surface area contributed by atoms with Crippen molar-refractivity contribution in [2.75, 3.05) is 5.32 Å². The largest absolute Gasteiger partial charge is 0.321 e. The topological polar surface area (TPSA) is 42.0 Å². The van der Waals surface area contributed by atoms with Crippen LogP contribution in [0, 0.1) is 13.8 Å². The molecule has 3 rings (SSSR count). The fourth-order valence-electron chi connectivity index (χ4n) is 2.49. The van der Waals surface area contributed by atoms with Crippen molar-refractivity contribution in [2.24, 2.45) is 0 Å². The van der Waals surface area contributed by atoms with Gasteiger partial charge in [-0.3, -0.25) is 4.79 Å². The molecule has 0 aliphatic carbocycles. The number of aryl methyl sites for hydroxylation is 2. The number of hydrogen-bond acceptors (Lipinski definition) is 4. The molecule has 2 aromatic heterocycles. The first-order chi connectivity index (χ1) is 11.7. The molecule has 3 nitrogen and oxygen atoms in total. The van der Waals surface area contributed by atoms with Gasteiger partial charge in [-0.2, -0.15) is 0 Å². The van der Waals surface area contributed by atoms with E-state index in [0.717, 1.165) is 26.1 Å². The molecule has 0 aliphatic heterocycles. The summed E-state index contributed by atoms with van der Waals surface area (Å²) in [7, 11) is 0. The van der Waals surface area contributed by atoms with E-state index in [1.165, 1.54) is 5.56 Å². The molecule has 1 aromatic carbocycles. The van der Waals surface area contributed by atoms with Gasteiger partial charge in [-0.05, 0) is 43.0 Å². The smallest absolute Gasteiger partial charge is 0.255 e. The lowest BCUT2D eigenvalue weighted by Crippen LogP contribution is -2.14. The van der Waals surface area contributed by atoms with Gasteiger partial charge < -0.3 is 5.32 Å². The number of rotatable bonds is 3. The Hall–Kier alpha value is -1.98. The molecule has 25 heavy (non-hydrogen) atoms. The number of anilines is 1. The van der Waals surface area contributed by atoms with Gasteiger partial charge in [0.15, 0.2) is 0 Å². The summed E-state index contributed by atoms with van der Waals surface area (Å²) in [5.41, 5.74) is 3.86. The second-order valence-electron chi connectivity index (χ2n) is 7.16. The molecule has 0 fully saturated rings. The van der Waals surface area contributed by atoms with Crippen LogP contribution in [0.25, 0.3) is 9.88 Å². The van der Waals surface area contributed by atoms with Gasteiger partial charge >= 0.3 is 0 Å². The van der Waals surface area contributed by atoms with Gasteiger partial charge in [0.25, 0.3) is 5.91 Å². The first kappa shape index (κ1) is 17.8. The number of amides is 1. The molecule has 1 N–H and O–H groups in total. The van der Waals surface area contributed by atoms with Crippen LogP contribution < -0.4 is 5.32 Å². The van der Waals surface area contributed by atoms with Crippen LogP contribution in [0.1, 0.15) is 47.3 Å². The number of carbonyl (C=O) groups is 1. The maximum absolute atomic E-state index is 12.6. The lowest BCUT2D eigenvalue weighted by atomic mass is 9.87. The van der Waals surface area contributed by atoms with E-state index in [4.69, 9.17) is 0 Å². The van der Waals surface area contributed by atoms with Crippen molar-refractivity contribution in [3.05, 3.63) is 57.4 Å². The Kier molecular flexibility index (Phi) is 4.80. The predicted molar refractivity (Wildman–Crippen MR) is 108 cm³/mol. The quantitative estimate of drug-likeness (QED) is 0.611. The third-order valence-corrected chi connectivity index (χ3v) is 6.19. The number of aromatic nitrogens is 1. The Morgan fingerprint density at radius 1 is 1.12 bits per heavy atom. The normalized spacial score (nSPS) is 11.6. The number of nitrogens with zero attached hydrogens (tertiary/aromatic N) is 1. The number of hydrogen-bond donors (Lipinski definition) is 1. The number of thiazole rings is 1. The van der Waals surface area contributed by atoms with Crippen molar-refractivity contribution in [2.45, 2.75) is 40.0 Å². The summed E-state index contributed by atoms with van der Waals surface area (Å²) in [5, 5.41) is 6.07. The number of carbonyl (C=O) groups excluding carboxylic acids is 1. The molecule has 130 valence electrons. The highest BCUT2D eigenvalue weighted by atomic mass is 32.1. The molecule has 5 heteroatoms. The summed E-state index contributed by atoms with van der Waals surface area (Å²) in [6.45, 7) is 10.5. The summed E-state index contributed by atoms with van der Waals surface area (Å²) < 4.78 is 0. The highest BCUT2D eigenvalue weighted by Gasteiger charge is 2.16. The van der Waals surface area contributed by atoms with Crippen LogP contribution in [0.4, 0.5) is 5.69 Å². The van der Waals surface area contributed by atoms with Crippen LogP contribution in [0.5, 0.6) is 0 Å². The monoisotopic (exact) mass is 370 g/mol. The van der Waals surface area contributed by atoms with E-state index in [2.05, 4.69) is 31.1 Å². The first-order valence-corrected chi connectivity index (χ1v) is 9.88. The second-order valence-corrected chi connectivity index (χ2v) is 9.27. The Labute approximate surface area is 156 Å². The lowest BCUT2D eigenvalue weighted by molar-refractivity contribution is 0.102. The minimum absolute atomic E-state index is 0.0803. The molecule has 0 saturated heterocycles. The van der Waals surface area contributed by atoms with Crippen molar-refractivity contribution in [1.82, 2.24) is 4.98 Å². The average Bonchev–Trinajstić information content (AvgIpc) is 3.13. The van der Waals surface area contributed by atoms with Gasteiger partial charge in [-0.1, -0.05) is 32.9 Å². The molecule has 0 radical (unpaired) electrons. The highest BCUT2D eigenvalue weighted by Crippen LogP contribution is 2.36. The van der Waals surface area contributed by atoms with Crippen LogP contribution >= 0.6 is 22.7 Å². The molecule has 0 aliphatic rings. The molecule has 1 amide bonds. The fourth-order valence-corrected chi connectivity index (χ4v) is 4.33. The van der Waals surface area contributed by atoms with Gasteiger partial charge in [0.05, 0.1) is 10.6 Å². The molecular weight excluding hydrogens is 348 g/mol. The minimum atomic E-state index is -0.0803. The summed E-state index contributed by atoms with van der Waals surface area (Å²) >= 11 is 3.29. The van der Waals surface area contributed by atoms with Crippen LogP contribution in [0.3, 0.4) is 0 Å². The highest BCUT2D eigenvalue weighted by molar-refractivity contribution is 7.21. The first-order valence-electron chi connectivity index (χ1n) is 8.19. The molecule has 0 saturated carbocycles. The predicted octanol–water partition coefficient (Wildman–Crippen LogP) is 6.04. The molecular formula is C20H22N2OS2. The van der Waals surface area contributed by atoms with Crippen molar-refractivity contribution >= 4 is 34.3 Å². The van der Waals surface area contributed by atoms with E-state index in [0.29, 0.717) is 5.56 Å². The van der Waals surface area contributed by atoms with E-state index < -0.39 is 0 Å². The zero-order valence-electron chi connectivity index (χ0n) is 15.1. The molecule has 0 bridgehead atoms. The van der Waals surface area contributed by atoms with Crippen molar-refractivity contribution in [1.29, 1.82) is 0 Å². The molecule has 0 spiro atoms. The fraction of sp³-hybridized carbons (Fsp3) is 0.300. The maximum atomic E-state index is 12.6. The van der Waals surface area contributed by atoms with Crippen molar-refractivity contribution in [3.8, 4) is 9.88 Å². The maximum Gasteiger partial charge on any atom is 0.255 e. The number of nitrogens with one attached hydrogen (secondary N) is 1. The third kappa shape index (κ3) is 3.99. The SMILES string of the molecule is Cc1csc(-c2cc(NC(=O)c3ccc(C(C)(C)C)cc3)c(C)s2)n1. The Morgan fingerprint density at radius 2 is 1.80 bits per heavy atom. The van der Waals surface area contributed by atoms with Crippen LogP contribution in [-0.4, -0.2) is 10.9 Å². The van der Waals surface area contributed by atoms with Crippen LogP contribution in [-0.2, 0) is 5.41 Å². The molecule has 2 heterocycles. The average molecular weight is 371 g/mol. The van der Waals surface area contributed by atoms with E-state index >= 15 is 0 Å². The van der Waals surface area contributed by atoms with Crippen molar-refractivity contribution in [3.63, 3.8) is 0 Å². The van der Waals surface area contributed by atoms with Gasteiger partial charge in [0.1, 0.15) is 5.01 Å². The van der Waals surface area contributed by atoms with Crippen molar-refractivity contribution < 1.29 is 4.79 Å². The lowest BCUT2D eigenvalue weighted by Gasteiger charge is -2.19. The minimum Gasteiger partial charge on any atom is -0.321 e. The number of thiophene rings is 1. The summed E-state index contributed by atoms with van der Waals surface area (Å²) in [5.74, 6) is -0.0803. The van der Waals surface area contributed by atoms with E-state index in [9.17, 15) is 4.79 Å². The second kappa shape index (κ2) is 6.73. The van der Waals surface area contributed by atoms with E-state index in [-0.39, 0.29) is 11.3 Å². The summed E-state index contributed by atoms with van der Waals surface area (Å²) in [4.78, 5) is 19.3. The summed E-state index contributed by atoms with van der Waals surface area (Å²) in [6.07, 6.45) is 0. The van der Waals surface area contributed by atoms with Gasteiger partial charge in [0, 0.05) is 21.5 Å². The Balaban J connectivity index is 1.78. The Morgan fingerprint density at radius 3 is 2.36 bits per heavy atom. The van der Waals surface area contributed by atoms with Crippen LogP contribution in [0.15, 0.2) is 35.7 Å². The van der Waals surface area contributed by atoms with E-state index in [1.807, 2.05) is 49.6 Å².